The second-order valence-electron chi connectivity index (χ2n) is 21.0. The third-order valence-corrected chi connectivity index (χ3v) is 17.6. The average Bonchev–Trinajstić information content (AvgIpc) is 4.32. The molecule has 1 fully saturated rings. The van der Waals surface area contributed by atoms with E-state index in [0.29, 0.717) is 11.8 Å². The first-order valence-corrected chi connectivity index (χ1v) is 26.6. The quantitative estimate of drug-likeness (QED) is 0.142. The molecule has 0 heterocycles. The van der Waals surface area contributed by atoms with Crippen LogP contribution >= 0.6 is 0 Å². The Kier molecular flexibility index (Phi) is 9.82. The minimum Gasteiger partial charge on any atom is -0.310 e. The molecule has 0 bridgehead atoms. The molecule has 1 spiro atoms. The average molecular weight is 947 g/mol. The van der Waals surface area contributed by atoms with Gasteiger partial charge in [-0.15, -0.1) is 0 Å². The Hall–Kier alpha value is -8.72. The summed E-state index contributed by atoms with van der Waals surface area (Å²) < 4.78 is 0. The van der Waals surface area contributed by atoms with Crippen LogP contribution < -0.4 is 9.80 Å². The van der Waals surface area contributed by atoms with Gasteiger partial charge in [0, 0.05) is 28.0 Å². The molecule has 74 heavy (non-hydrogen) atoms. The van der Waals surface area contributed by atoms with Crippen LogP contribution in [0.4, 0.5) is 34.1 Å². The van der Waals surface area contributed by atoms with Gasteiger partial charge in [0.1, 0.15) is 0 Å². The number of rotatable bonds is 9. The number of hydrogen-bond donors (Lipinski definition) is 0. The standard InChI is InChI=1S/C72H54N2/c1-6-23-50(24-7-1)68-60-35-17-16-22-49(60)40-45-65(68)74(58-33-14-5-15-34-58)67-39-21-26-52-47-56-42-41-55-46-51-25-20-38-66(69(51)72(55,56)70(52)67)73(57-31-12-4-13-32-57)59-43-44-62-61-36-18-19-37-63(61)71(64(62)48-59,53-27-8-2-9-28-53)54-29-10-3-11-30-54/h1-40,43-45,48,55-56H,41-42,46-47H2. The summed E-state index contributed by atoms with van der Waals surface area (Å²) in [7, 11) is 0. The Balaban J connectivity index is 0.985. The second kappa shape index (κ2) is 16.9. The summed E-state index contributed by atoms with van der Waals surface area (Å²) in [5.74, 6) is 0.926. The molecule has 0 aliphatic heterocycles. The lowest BCUT2D eigenvalue weighted by molar-refractivity contribution is 0.350. The smallest absolute Gasteiger partial charge is 0.0714 e. The number of benzene rings is 11. The van der Waals surface area contributed by atoms with Gasteiger partial charge >= 0.3 is 0 Å². The van der Waals surface area contributed by atoms with Gasteiger partial charge in [-0.25, -0.2) is 0 Å². The monoisotopic (exact) mass is 946 g/mol. The second-order valence-corrected chi connectivity index (χ2v) is 21.0. The molecule has 4 aliphatic carbocycles. The van der Waals surface area contributed by atoms with Gasteiger partial charge in [0.2, 0.25) is 0 Å². The van der Waals surface area contributed by atoms with Crippen molar-refractivity contribution < 1.29 is 0 Å². The van der Waals surface area contributed by atoms with E-state index in [9.17, 15) is 0 Å². The fourth-order valence-corrected chi connectivity index (χ4v) is 14.9. The Morgan fingerprint density at radius 1 is 0.351 bits per heavy atom. The Morgan fingerprint density at radius 2 is 0.865 bits per heavy atom. The molecular formula is C72H54N2. The van der Waals surface area contributed by atoms with Gasteiger partial charge < -0.3 is 9.80 Å². The minimum atomic E-state index is -0.520. The molecule has 2 nitrogen and oxygen atoms in total. The number of anilines is 6. The largest absolute Gasteiger partial charge is 0.310 e. The summed E-state index contributed by atoms with van der Waals surface area (Å²) in [5.41, 5.74) is 22.8. The molecule has 11 aromatic rings. The highest BCUT2D eigenvalue weighted by Crippen LogP contribution is 2.69. The van der Waals surface area contributed by atoms with Crippen molar-refractivity contribution in [2.45, 2.75) is 36.5 Å². The molecule has 4 aliphatic rings. The van der Waals surface area contributed by atoms with Crippen molar-refractivity contribution in [3.8, 4) is 22.3 Å². The molecule has 0 saturated heterocycles. The van der Waals surface area contributed by atoms with E-state index in [4.69, 9.17) is 0 Å². The lowest BCUT2D eigenvalue weighted by Crippen LogP contribution is -2.34. The highest BCUT2D eigenvalue weighted by molar-refractivity contribution is 6.06. The summed E-state index contributed by atoms with van der Waals surface area (Å²) in [4.78, 5) is 5.25. The minimum absolute atomic E-state index is 0.216. The maximum absolute atomic E-state index is 2.63. The first kappa shape index (κ1) is 42.9. The number of hydrogen-bond acceptors (Lipinski definition) is 2. The predicted octanol–water partition coefficient (Wildman–Crippen LogP) is 18.2. The first-order valence-electron chi connectivity index (χ1n) is 26.6. The molecule has 3 atom stereocenters. The van der Waals surface area contributed by atoms with Crippen LogP contribution in [-0.2, 0) is 23.7 Å². The Bertz CT molecular complexity index is 3880. The zero-order valence-corrected chi connectivity index (χ0v) is 41.3. The van der Waals surface area contributed by atoms with Gasteiger partial charge in [-0.3, -0.25) is 0 Å². The van der Waals surface area contributed by atoms with Crippen molar-refractivity contribution in [2.24, 2.45) is 11.8 Å². The summed E-state index contributed by atoms with van der Waals surface area (Å²) >= 11 is 0. The molecule has 15 rings (SSSR count). The van der Waals surface area contributed by atoms with E-state index in [2.05, 4.69) is 277 Å². The fourth-order valence-electron chi connectivity index (χ4n) is 14.9. The van der Waals surface area contributed by atoms with Crippen molar-refractivity contribution in [2.75, 3.05) is 9.80 Å². The summed E-state index contributed by atoms with van der Waals surface area (Å²) in [6.07, 6.45) is 4.56. The SMILES string of the molecule is c1ccc(-c2c(N(c3ccccc3)c3cccc4c3C35c6c(cccc6N(c6ccccc6)c6ccc7c(c6)C(c6ccccc6)(c6ccccc6)c6ccccc6-7)CC3CCC5C4)ccc3ccccc23)cc1. The molecule has 1 saturated carbocycles. The zero-order chi connectivity index (χ0) is 48.8. The van der Waals surface area contributed by atoms with Crippen molar-refractivity contribution >= 4 is 44.9 Å². The third-order valence-electron chi connectivity index (χ3n) is 17.6. The molecule has 11 aromatic carbocycles. The maximum atomic E-state index is 2.63. The fraction of sp³-hybridized carbons (Fsp3) is 0.111. The van der Waals surface area contributed by atoms with E-state index in [-0.39, 0.29) is 5.41 Å². The highest BCUT2D eigenvalue weighted by atomic mass is 15.2. The van der Waals surface area contributed by atoms with Crippen LogP contribution in [0.1, 0.15) is 57.3 Å². The van der Waals surface area contributed by atoms with Gasteiger partial charge in [0.15, 0.2) is 0 Å². The molecule has 0 amide bonds. The van der Waals surface area contributed by atoms with E-state index in [1.807, 2.05) is 0 Å². The van der Waals surface area contributed by atoms with E-state index < -0.39 is 5.41 Å². The van der Waals surface area contributed by atoms with Gasteiger partial charge in [0.25, 0.3) is 0 Å². The van der Waals surface area contributed by atoms with Crippen LogP contribution in [0.25, 0.3) is 33.0 Å². The van der Waals surface area contributed by atoms with Gasteiger partial charge in [-0.1, -0.05) is 212 Å². The molecule has 0 radical (unpaired) electrons. The lowest BCUT2D eigenvalue weighted by atomic mass is 9.67. The lowest BCUT2D eigenvalue weighted by Gasteiger charge is -2.40. The summed E-state index contributed by atoms with van der Waals surface area (Å²) in [6.45, 7) is 0. The zero-order valence-electron chi connectivity index (χ0n) is 41.3. The van der Waals surface area contributed by atoms with Crippen molar-refractivity contribution in [1.29, 1.82) is 0 Å². The van der Waals surface area contributed by atoms with Crippen LogP contribution in [0.2, 0.25) is 0 Å². The molecule has 2 heteroatoms. The van der Waals surface area contributed by atoms with Crippen molar-refractivity contribution in [3.05, 3.63) is 311 Å². The molecule has 3 unspecified atom stereocenters. The van der Waals surface area contributed by atoms with Crippen LogP contribution in [0, 0.1) is 11.8 Å². The molecule has 352 valence electrons. The molecule has 0 N–H and O–H groups in total. The Labute approximate surface area is 434 Å². The van der Waals surface area contributed by atoms with E-state index in [1.54, 1.807) is 0 Å². The highest BCUT2D eigenvalue weighted by Gasteiger charge is 2.62. The number of fused-ring (bicyclic) bond motifs is 6. The van der Waals surface area contributed by atoms with E-state index in [1.165, 1.54) is 119 Å². The summed E-state index contributed by atoms with van der Waals surface area (Å²) in [6, 6.07) is 100. The van der Waals surface area contributed by atoms with Crippen molar-refractivity contribution in [1.82, 2.24) is 0 Å². The van der Waals surface area contributed by atoms with Crippen LogP contribution in [0.3, 0.4) is 0 Å². The van der Waals surface area contributed by atoms with Gasteiger partial charge in [0.05, 0.1) is 22.5 Å². The van der Waals surface area contributed by atoms with Crippen molar-refractivity contribution in [3.63, 3.8) is 0 Å². The van der Waals surface area contributed by atoms with Crippen LogP contribution in [-0.4, -0.2) is 0 Å². The predicted molar refractivity (Wildman–Crippen MR) is 307 cm³/mol. The summed E-state index contributed by atoms with van der Waals surface area (Å²) in [5, 5.41) is 2.50. The van der Waals surface area contributed by atoms with Gasteiger partial charge in [-0.2, -0.15) is 0 Å². The first-order chi connectivity index (χ1) is 36.7. The maximum Gasteiger partial charge on any atom is 0.0714 e. The van der Waals surface area contributed by atoms with Gasteiger partial charge in [-0.05, 0) is 164 Å². The number of para-hydroxylation sites is 2. The third kappa shape index (κ3) is 6.12. The number of nitrogens with zero attached hydrogens (tertiary/aromatic N) is 2. The molecule has 0 aromatic heterocycles. The topological polar surface area (TPSA) is 6.48 Å². The normalized spacial score (nSPS) is 18.2. The van der Waals surface area contributed by atoms with E-state index >= 15 is 0 Å². The molecular weight excluding hydrogens is 893 g/mol. The van der Waals surface area contributed by atoms with Crippen LogP contribution in [0.15, 0.2) is 267 Å². The van der Waals surface area contributed by atoms with E-state index in [0.717, 1.165) is 18.5 Å². The van der Waals surface area contributed by atoms with Crippen LogP contribution in [0.5, 0.6) is 0 Å². The Morgan fingerprint density at radius 3 is 1.50 bits per heavy atom.